The van der Waals surface area contributed by atoms with E-state index in [-0.39, 0.29) is 17.7 Å². The third kappa shape index (κ3) is 4.31. The van der Waals surface area contributed by atoms with Crippen LogP contribution in [0.15, 0.2) is 24.3 Å². The Morgan fingerprint density at radius 2 is 1.91 bits per heavy atom. The zero-order valence-corrected chi connectivity index (χ0v) is 13.6. The van der Waals surface area contributed by atoms with Gasteiger partial charge in [0.2, 0.25) is 5.91 Å². The molecule has 0 aliphatic carbocycles. The second-order valence-electron chi connectivity index (χ2n) is 6.28. The van der Waals surface area contributed by atoms with E-state index in [4.69, 9.17) is 0 Å². The number of carbonyl (C=O) groups is 2. The van der Waals surface area contributed by atoms with E-state index in [1.165, 1.54) is 0 Å². The molecule has 22 heavy (non-hydrogen) atoms. The Hall–Kier alpha value is -1.88. The van der Waals surface area contributed by atoms with Crippen LogP contribution in [0, 0.1) is 11.8 Å². The number of rotatable bonds is 6. The molecule has 0 unspecified atom stereocenters. The molecule has 0 saturated carbocycles. The van der Waals surface area contributed by atoms with Gasteiger partial charge < -0.3 is 15.5 Å². The second-order valence-corrected chi connectivity index (χ2v) is 6.28. The van der Waals surface area contributed by atoms with Crippen LogP contribution in [0.3, 0.4) is 0 Å². The van der Waals surface area contributed by atoms with Gasteiger partial charge in [0.15, 0.2) is 0 Å². The molecule has 0 atom stereocenters. The van der Waals surface area contributed by atoms with Crippen LogP contribution in [0.2, 0.25) is 0 Å². The Morgan fingerprint density at radius 1 is 1.27 bits per heavy atom. The SMILES string of the molecule is CC(C)C(=O)N(C)Cc1ccc(C(=O)NCC2CNC2)cc1. The van der Waals surface area contributed by atoms with Crippen molar-refractivity contribution >= 4 is 11.8 Å². The lowest BCUT2D eigenvalue weighted by Crippen LogP contribution is -2.48. The average Bonchev–Trinajstić information content (AvgIpc) is 2.45. The van der Waals surface area contributed by atoms with Crippen LogP contribution in [-0.4, -0.2) is 43.4 Å². The molecule has 1 fully saturated rings. The molecule has 1 aliphatic heterocycles. The Bertz CT molecular complexity index is 521. The lowest BCUT2D eigenvalue weighted by Gasteiger charge is -2.27. The van der Waals surface area contributed by atoms with Gasteiger partial charge in [0, 0.05) is 50.6 Å². The fourth-order valence-electron chi connectivity index (χ4n) is 2.39. The predicted octanol–water partition coefficient (Wildman–Crippen LogP) is 1.25. The van der Waals surface area contributed by atoms with Crippen molar-refractivity contribution in [2.24, 2.45) is 11.8 Å². The first-order chi connectivity index (χ1) is 10.5. The van der Waals surface area contributed by atoms with E-state index >= 15 is 0 Å². The summed E-state index contributed by atoms with van der Waals surface area (Å²) in [4.78, 5) is 25.6. The molecule has 1 saturated heterocycles. The summed E-state index contributed by atoms with van der Waals surface area (Å²) in [6, 6.07) is 7.45. The molecular weight excluding hydrogens is 278 g/mol. The van der Waals surface area contributed by atoms with Crippen LogP contribution in [0.1, 0.15) is 29.8 Å². The van der Waals surface area contributed by atoms with Crippen LogP contribution < -0.4 is 10.6 Å². The highest BCUT2D eigenvalue weighted by molar-refractivity contribution is 5.94. The van der Waals surface area contributed by atoms with E-state index < -0.39 is 0 Å². The van der Waals surface area contributed by atoms with E-state index in [2.05, 4.69) is 10.6 Å². The van der Waals surface area contributed by atoms with Gasteiger partial charge in [0.1, 0.15) is 0 Å². The minimum absolute atomic E-state index is 0.00366. The van der Waals surface area contributed by atoms with Gasteiger partial charge in [-0.1, -0.05) is 26.0 Å². The van der Waals surface area contributed by atoms with Gasteiger partial charge in [-0.3, -0.25) is 9.59 Å². The molecule has 0 aromatic heterocycles. The summed E-state index contributed by atoms with van der Waals surface area (Å²) < 4.78 is 0. The molecule has 1 heterocycles. The molecule has 1 aliphatic rings. The van der Waals surface area contributed by atoms with E-state index in [1.54, 1.807) is 11.9 Å². The highest BCUT2D eigenvalue weighted by Crippen LogP contribution is 2.09. The van der Waals surface area contributed by atoms with Crippen LogP contribution >= 0.6 is 0 Å². The number of benzene rings is 1. The van der Waals surface area contributed by atoms with Gasteiger partial charge in [-0.05, 0) is 17.7 Å². The monoisotopic (exact) mass is 303 g/mol. The molecular formula is C17H25N3O2. The fourth-order valence-corrected chi connectivity index (χ4v) is 2.39. The van der Waals surface area contributed by atoms with E-state index in [0.29, 0.717) is 18.0 Å². The van der Waals surface area contributed by atoms with Gasteiger partial charge in [-0.15, -0.1) is 0 Å². The standard InChI is InChI=1S/C17H25N3O2/c1-12(2)17(22)20(3)11-13-4-6-15(7-5-13)16(21)19-10-14-8-18-9-14/h4-7,12,14,18H,8-11H2,1-3H3,(H,19,21). The van der Waals surface area contributed by atoms with Crippen LogP contribution in [0.5, 0.6) is 0 Å². The molecule has 2 amide bonds. The number of nitrogens with zero attached hydrogens (tertiary/aromatic N) is 1. The molecule has 2 N–H and O–H groups in total. The van der Waals surface area contributed by atoms with Gasteiger partial charge >= 0.3 is 0 Å². The summed E-state index contributed by atoms with van der Waals surface area (Å²) in [6.07, 6.45) is 0. The van der Waals surface area contributed by atoms with E-state index in [0.717, 1.165) is 25.2 Å². The van der Waals surface area contributed by atoms with Gasteiger partial charge in [-0.2, -0.15) is 0 Å². The minimum Gasteiger partial charge on any atom is -0.352 e. The Morgan fingerprint density at radius 3 is 2.41 bits per heavy atom. The zero-order chi connectivity index (χ0) is 16.1. The van der Waals surface area contributed by atoms with E-state index in [9.17, 15) is 9.59 Å². The summed E-state index contributed by atoms with van der Waals surface area (Å²) in [5, 5.41) is 6.13. The smallest absolute Gasteiger partial charge is 0.251 e. The van der Waals surface area contributed by atoms with Crippen molar-refractivity contribution in [1.82, 2.24) is 15.5 Å². The highest BCUT2D eigenvalue weighted by atomic mass is 16.2. The van der Waals surface area contributed by atoms with Crippen molar-refractivity contribution in [2.75, 3.05) is 26.7 Å². The molecule has 5 nitrogen and oxygen atoms in total. The molecule has 5 heteroatoms. The predicted molar refractivity (Wildman–Crippen MR) is 86.4 cm³/mol. The lowest BCUT2D eigenvalue weighted by atomic mass is 10.0. The first-order valence-electron chi connectivity index (χ1n) is 7.80. The zero-order valence-electron chi connectivity index (χ0n) is 13.6. The lowest BCUT2D eigenvalue weighted by molar-refractivity contribution is -0.133. The second kappa shape index (κ2) is 7.40. The van der Waals surface area contributed by atoms with E-state index in [1.807, 2.05) is 38.1 Å². The van der Waals surface area contributed by atoms with Crippen LogP contribution in [0.25, 0.3) is 0 Å². The van der Waals surface area contributed by atoms with Crippen molar-refractivity contribution in [2.45, 2.75) is 20.4 Å². The Labute approximate surface area is 132 Å². The molecule has 0 spiro atoms. The normalized spacial score (nSPS) is 14.5. The van der Waals surface area contributed by atoms with Crippen molar-refractivity contribution in [3.05, 3.63) is 35.4 Å². The molecule has 1 aromatic rings. The topological polar surface area (TPSA) is 61.4 Å². The fraction of sp³-hybridized carbons (Fsp3) is 0.529. The number of hydrogen-bond acceptors (Lipinski definition) is 3. The molecule has 2 rings (SSSR count). The average molecular weight is 303 g/mol. The third-order valence-corrected chi connectivity index (χ3v) is 3.92. The minimum atomic E-state index is -0.0370. The molecule has 120 valence electrons. The summed E-state index contributed by atoms with van der Waals surface area (Å²) in [7, 11) is 1.80. The quantitative estimate of drug-likeness (QED) is 0.831. The van der Waals surface area contributed by atoms with Gasteiger partial charge in [0.05, 0.1) is 0 Å². The maximum atomic E-state index is 12.0. The van der Waals surface area contributed by atoms with Gasteiger partial charge in [-0.25, -0.2) is 0 Å². The highest BCUT2D eigenvalue weighted by Gasteiger charge is 2.17. The first-order valence-corrected chi connectivity index (χ1v) is 7.80. The maximum absolute atomic E-state index is 12.0. The van der Waals surface area contributed by atoms with Crippen LogP contribution in [-0.2, 0) is 11.3 Å². The summed E-state index contributed by atoms with van der Waals surface area (Å²) in [6.45, 7) is 7.03. The third-order valence-electron chi connectivity index (χ3n) is 3.92. The number of amides is 2. The van der Waals surface area contributed by atoms with Crippen molar-refractivity contribution in [3.8, 4) is 0 Å². The Kier molecular flexibility index (Phi) is 5.55. The van der Waals surface area contributed by atoms with Gasteiger partial charge in [0.25, 0.3) is 5.91 Å². The number of carbonyl (C=O) groups excluding carboxylic acids is 2. The van der Waals surface area contributed by atoms with Crippen LogP contribution in [0.4, 0.5) is 0 Å². The van der Waals surface area contributed by atoms with Crippen molar-refractivity contribution in [1.29, 1.82) is 0 Å². The first kappa shape index (κ1) is 16.5. The summed E-state index contributed by atoms with van der Waals surface area (Å²) in [5.41, 5.74) is 1.69. The number of hydrogen-bond donors (Lipinski definition) is 2. The Balaban J connectivity index is 1.86. The van der Waals surface area contributed by atoms with Crippen molar-refractivity contribution in [3.63, 3.8) is 0 Å². The molecule has 1 aromatic carbocycles. The summed E-state index contributed by atoms with van der Waals surface area (Å²) in [5.74, 6) is 0.635. The molecule has 0 bridgehead atoms. The number of nitrogens with one attached hydrogen (secondary N) is 2. The summed E-state index contributed by atoms with van der Waals surface area (Å²) >= 11 is 0. The van der Waals surface area contributed by atoms with Crippen molar-refractivity contribution < 1.29 is 9.59 Å². The molecule has 0 radical (unpaired) electrons. The maximum Gasteiger partial charge on any atom is 0.251 e. The largest absolute Gasteiger partial charge is 0.352 e.